The third kappa shape index (κ3) is 10.9. The maximum Gasteiger partial charge on any atom is -0.0282 e. The van der Waals surface area contributed by atoms with Crippen molar-refractivity contribution in [2.45, 2.75) is 104 Å². The minimum absolute atomic E-state index is 1.27. The molecule has 0 nitrogen and oxygen atoms in total. The normalized spacial score (nSPS) is 15.2. The van der Waals surface area contributed by atoms with Gasteiger partial charge in [-0.25, -0.2) is 0 Å². The molecule has 0 heterocycles. The van der Waals surface area contributed by atoms with Crippen LogP contribution in [0.3, 0.4) is 0 Å². The summed E-state index contributed by atoms with van der Waals surface area (Å²) in [5, 5.41) is 0. The van der Waals surface area contributed by atoms with Crippen molar-refractivity contribution in [2.75, 3.05) is 0 Å². The summed E-state index contributed by atoms with van der Waals surface area (Å²) in [6.07, 6.45) is 28.6. The summed E-state index contributed by atoms with van der Waals surface area (Å²) in [5.74, 6) is 0. The molecule has 0 spiro atoms. The second-order valence-corrected chi connectivity index (χ2v) is 6.94. The number of unbranched alkanes of at least 4 members (excludes halogenated alkanes) is 9. The molecule has 0 saturated heterocycles. The summed E-state index contributed by atoms with van der Waals surface area (Å²) in [6, 6.07) is 0. The van der Waals surface area contributed by atoms with Crippen molar-refractivity contribution in [1.82, 2.24) is 0 Å². The Labute approximate surface area is 139 Å². The van der Waals surface area contributed by atoms with Crippen molar-refractivity contribution < 1.29 is 0 Å². The molecular formula is C22H38. The molecule has 0 aromatic carbocycles. The van der Waals surface area contributed by atoms with E-state index in [4.69, 9.17) is 0 Å². The molecule has 0 atom stereocenters. The van der Waals surface area contributed by atoms with Crippen LogP contribution in [0.15, 0.2) is 35.5 Å². The summed E-state index contributed by atoms with van der Waals surface area (Å²) in [6.45, 7) is 4.53. The largest absolute Gasteiger partial charge is 0.0885 e. The van der Waals surface area contributed by atoms with Crippen LogP contribution in [0.25, 0.3) is 0 Å². The highest BCUT2D eigenvalue weighted by Gasteiger charge is 2.01. The van der Waals surface area contributed by atoms with Gasteiger partial charge >= 0.3 is 0 Å². The van der Waals surface area contributed by atoms with Gasteiger partial charge in [-0.3, -0.25) is 0 Å². The first-order chi connectivity index (χ1) is 10.8. The van der Waals surface area contributed by atoms with Crippen LogP contribution in [0.5, 0.6) is 0 Å². The molecule has 0 unspecified atom stereocenters. The molecule has 1 rings (SSSR count). The predicted molar refractivity (Wildman–Crippen MR) is 101 cm³/mol. The molecule has 0 radical (unpaired) electrons. The molecule has 0 aliphatic heterocycles. The van der Waals surface area contributed by atoms with Crippen LogP contribution in [-0.4, -0.2) is 0 Å². The van der Waals surface area contributed by atoms with Crippen molar-refractivity contribution >= 4 is 0 Å². The Bertz CT molecular complexity index is 343. The first kappa shape index (κ1) is 19.3. The molecule has 22 heavy (non-hydrogen) atoms. The van der Waals surface area contributed by atoms with Gasteiger partial charge in [0.05, 0.1) is 0 Å². The zero-order valence-electron chi connectivity index (χ0n) is 15.2. The van der Waals surface area contributed by atoms with E-state index >= 15 is 0 Å². The van der Waals surface area contributed by atoms with Crippen molar-refractivity contribution in [1.29, 1.82) is 0 Å². The highest BCUT2D eigenvalue weighted by atomic mass is 14.1. The van der Waals surface area contributed by atoms with E-state index < -0.39 is 0 Å². The molecule has 0 N–H and O–H groups in total. The van der Waals surface area contributed by atoms with Crippen LogP contribution >= 0.6 is 0 Å². The average molecular weight is 303 g/mol. The molecule has 0 saturated carbocycles. The molecule has 0 bridgehead atoms. The first-order valence-electron chi connectivity index (χ1n) is 9.84. The van der Waals surface area contributed by atoms with Crippen molar-refractivity contribution in [3.63, 3.8) is 0 Å². The Morgan fingerprint density at radius 2 is 1.50 bits per heavy atom. The fraction of sp³-hybridized carbons (Fsp3) is 0.727. The lowest BCUT2D eigenvalue weighted by Gasteiger charge is -2.10. The fourth-order valence-corrected chi connectivity index (χ4v) is 3.14. The predicted octanol–water partition coefficient (Wildman–Crippen LogP) is 7.91. The van der Waals surface area contributed by atoms with Crippen LogP contribution < -0.4 is 0 Å². The minimum Gasteiger partial charge on any atom is -0.0885 e. The van der Waals surface area contributed by atoms with E-state index in [1.54, 1.807) is 11.1 Å². The second kappa shape index (κ2) is 13.9. The van der Waals surface area contributed by atoms with E-state index in [0.717, 1.165) is 0 Å². The van der Waals surface area contributed by atoms with Gasteiger partial charge in [0.25, 0.3) is 0 Å². The van der Waals surface area contributed by atoms with Crippen LogP contribution in [0, 0.1) is 0 Å². The van der Waals surface area contributed by atoms with E-state index in [0.29, 0.717) is 0 Å². The third-order valence-corrected chi connectivity index (χ3v) is 4.60. The fourth-order valence-electron chi connectivity index (χ4n) is 3.14. The summed E-state index contributed by atoms with van der Waals surface area (Å²) in [4.78, 5) is 0. The molecule has 126 valence electrons. The summed E-state index contributed by atoms with van der Waals surface area (Å²) >= 11 is 0. The van der Waals surface area contributed by atoms with Gasteiger partial charge in [0.15, 0.2) is 0 Å². The molecule has 0 aromatic heterocycles. The SMILES string of the molecule is CCCC/C=C/CCCCCCCCCC1=CCCC(C)=C1. The summed E-state index contributed by atoms with van der Waals surface area (Å²) < 4.78 is 0. The zero-order chi connectivity index (χ0) is 15.9. The quantitative estimate of drug-likeness (QED) is 0.239. The third-order valence-electron chi connectivity index (χ3n) is 4.60. The van der Waals surface area contributed by atoms with Gasteiger partial charge in [0, 0.05) is 0 Å². The van der Waals surface area contributed by atoms with Crippen molar-refractivity contribution in [3.8, 4) is 0 Å². The monoisotopic (exact) mass is 302 g/mol. The number of rotatable bonds is 13. The van der Waals surface area contributed by atoms with Gasteiger partial charge in [0.1, 0.15) is 0 Å². The lowest BCUT2D eigenvalue weighted by molar-refractivity contribution is 0.581. The van der Waals surface area contributed by atoms with Gasteiger partial charge in [0.2, 0.25) is 0 Å². The summed E-state index contributed by atoms with van der Waals surface area (Å²) in [7, 11) is 0. The Morgan fingerprint density at radius 1 is 0.864 bits per heavy atom. The number of hydrogen-bond acceptors (Lipinski definition) is 0. The second-order valence-electron chi connectivity index (χ2n) is 6.94. The molecular weight excluding hydrogens is 264 g/mol. The van der Waals surface area contributed by atoms with Crippen LogP contribution in [0.1, 0.15) is 104 Å². The average Bonchev–Trinajstić information content (AvgIpc) is 2.52. The Balaban J connectivity index is 1.82. The van der Waals surface area contributed by atoms with Crippen LogP contribution in [-0.2, 0) is 0 Å². The van der Waals surface area contributed by atoms with E-state index in [-0.39, 0.29) is 0 Å². The van der Waals surface area contributed by atoms with E-state index in [1.807, 2.05) is 0 Å². The minimum atomic E-state index is 1.27. The number of allylic oxidation sites excluding steroid dienone is 6. The Kier molecular flexibility index (Phi) is 12.1. The maximum absolute atomic E-state index is 2.45. The first-order valence-corrected chi connectivity index (χ1v) is 9.84. The lowest BCUT2D eigenvalue weighted by atomic mass is 9.96. The van der Waals surface area contributed by atoms with Gasteiger partial charge in [-0.2, -0.15) is 0 Å². The Morgan fingerprint density at radius 3 is 2.18 bits per heavy atom. The van der Waals surface area contributed by atoms with Gasteiger partial charge < -0.3 is 0 Å². The van der Waals surface area contributed by atoms with E-state index in [9.17, 15) is 0 Å². The van der Waals surface area contributed by atoms with Crippen LogP contribution in [0.4, 0.5) is 0 Å². The molecule has 0 amide bonds. The van der Waals surface area contributed by atoms with E-state index in [2.05, 4.69) is 38.2 Å². The maximum atomic E-state index is 2.45. The van der Waals surface area contributed by atoms with E-state index in [1.165, 1.54) is 89.9 Å². The van der Waals surface area contributed by atoms with Crippen LogP contribution in [0.2, 0.25) is 0 Å². The number of hydrogen-bond donors (Lipinski definition) is 0. The standard InChI is InChI=1S/C22H38/c1-3-4-5-6-7-8-9-10-11-12-13-14-15-18-22-19-16-17-21(2)20-22/h6-7,19-20H,3-5,8-18H2,1-2H3/b7-6+. The van der Waals surface area contributed by atoms with Gasteiger partial charge in [-0.05, 0) is 51.9 Å². The smallest absolute Gasteiger partial charge is 0.0282 e. The van der Waals surface area contributed by atoms with Crippen molar-refractivity contribution in [2.24, 2.45) is 0 Å². The highest BCUT2D eigenvalue weighted by Crippen LogP contribution is 2.21. The van der Waals surface area contributed by atoms with Crippen molar-refractivity contribution in [3.05, 3.63) is 35.5 Å². The topological polar surface area (TPSA) is 0 Å². The summed E-state index contributed by atoms with van der Waals surface area (Å²) in [5.41, 5.74) is 3.17. The zero-order valence-corrected chi connectivity index (χ0v) is 15.2. The lowest BCUT2D eigenvalue weighted by Crippen LogP contribution is -1.90. The molecule has 0 heteroatoms. The van der Waals surface area contributed by atoms with Gasteiger partial charge in [-0.1, -0.05) is 87.3 Å². The van der Waals surface area contributed by atoms with Gasteiger partial charge in [-0.15, -0.1) is 0 Å². The molecule has 1 aliphatic carbocycles. The Hall–Kier alpha value is -0.780. The molecule has 0 fully saturated rings. The highest BCUT2D eigenvalue weighted by molar-refractivity contribution is 5.26. The molecule has 0 aromatic rings. The molecule has 1 aliphatic rings.